The zero-order chi connectivity index (χ0) is 19.2. The van der Waals surface area contributed by atoms with Crippen molar-refractivity contribution >= 4 is 29.9 Å². The third kappa shape index (κ3) is 6.32. The van der Waals surface area contributed by atoms with Crippen molar-refractivity contribution < 1.29 is 4.74 Å². The van der Waals surface area contributed by atoms with Crippen LogP contribution in [-0.2, 0) is 11.8 Å². The van der Waals surface area contributed by atoms with Crippen LogP contribution in [0.25, 0.3) is 0 Å². The van der Waals surface area contributed by atoms with Gasteiger partial charge in [-0.05, 0) is 39.2 Å². The number of ether oxygens (including phenoxy) is 1. The number of aryl methyl sites for hydroxylation is 1. The molecule has 0 amide bonds. The molecule has 3 unspecified atom stereocenters. The molecule has 0 spiro atoms. The van der Waals surface area contributed by atoms with Gasteiger partial charge in [0.05, 0.1) is 25.9 Å². The maximum atomic E-state index is 5.98. The average Bonchev–Trinajstić information content (AvgIpc) is 3.11. The Morgan fingerprint density at radius 3 is 2.89 bits per heavy atom. The molecule has 160 valence electrons. The summed E-state index contributed by atoms with van der Waals surface area (Å²) in [7, 11) is 1.94. The van der Waals surface area contributed by atoms with Gasteiger partial charge in [-0.3, -0.25) is 14.6 Å². The van der Waals surface area contributed by atoms with Crippen molar-refractivity contribution in [3.05, 3.63) is 18.0 Å². The fraction of sp³-hybridized carbons (Fsp3) is 0.800. The molecule has 0 aromatic carbocycles. The average molecular weight is 504 g/mol. The Kier molecular flexibility index (Phi) is 9.49. The van der Waals surface area contributed by atoms with Gasteiger partial charge < -0.3 is 15.0 Å². The molecule has 28 heavy (non-hydrogen) atoms. The van der Waals surface area contributed by atoms with E-state index in [1.165, 1.54) is 25.9 Å². The Bertz CT molecular complexity index is 622. The van der Waals surface area contributed by atoms with Crippen LogP contribution in [0.3, 0.4) is 0 Å². The summed E-state index contributed by atoms with van der Waals surface area (Å²) in [6.07, 6.45) is 6.66. The first-order valence-corrected chi connectivity index (χ1v) is 10.4. The molecule has 0 bridgehead atoms. The van der Waals surface area contributed by atoms with E-state index in [-0.39, 0.29) is 30.1 Å². The van der Waals surface area contributed by atoms with Gasteiger partial charge in [-0.15, -0.1) is 24.0 Å². The molecule has 2 aliphatic rings. The normalized spacial score (nSPS) is 25.3. The number of morpholine rings is 1. The van der Waals surface area contributed by atoms with Gasteiger partial charge >= 0.3 is 0 Å². The molecule has 1 N–H and O–H groups in total. The number of nitrogens with zero attached hydrogens (tertiary/aromatic N) is 5. The van der Waals surface area contributed by atoms with E-state index in [1.807, 2.05) is 24.1 Å². The second-order valence-corrected chi connectivity index (χ2v) is 8.04. The monoisotopic (exact) mass is 504 g/mol. The summed E-state index contributed by atoms with van der Waals surface area (Å²) in [5, 5.41) is 7.76. The van der Waals surface area contributed by atoms with E-state index in [2.05, 4.69) is 41.0 Å². The van der Waals surface area contributed by atoms with E-state index in [0.29, 0.717) is 12.6 Å². The fourth-order valence-electron chi connectivity index (χ4n) is 4.04. The van der Waals surface area contributed by atoms with Crippen LogP contribution in [0.1, 0.15) is 45.3 Å². The smallest absolute Gasteiger partial charge is 0.194 e. The van der Waals surface area contributed by atoms with Gasteiger partial charge in [-0.1, -0.05) is 6.92 Å². The van der Waals surface area contributed by atoms with Crippen LogP contribution in [0.2, 0.25) is 0 Å². The van der Waals surface area contributed by atoms with Gasteiger partial charge in [0.15, 0.2) is 5.96 Å². The highest BCUT2D eigenvalue weighted by Crippen LogP contribution is 2.22. The SMILES string of the molecule is CCNC(=NCC(C)N1CCCC(C)C1)N1CCOC(c2cnn(C)c2)C1.I. The lowest BCUT2D eigenvalue weighted by Gasteiger charge is -2.36. The van der Waals surface area contributed by atoms with Crippen molar-refractivity contribution in [2.24, 2.45) is 18.0 Å². The molecule has 2 fully saturated rings. The molecule has 1 aromatic heterocycles. The number of hydrogen-bond acceptors (Lipinski definition) is 4. The van der Waals surface area contributed by atoms with E-state index in [4.69, 9.17) is 9.73 Å². The van der Waals surface area contributed by atoms with Crippen molar-refractivity contribution in [2.75, 3.05) is 45.9 Å². The predicted octanol–water partition coefficient (Wildman–Crippen LogP) is 2.50. The van der Waals surface area contributed by atoms with E-state index in [9.17, 15) is 0 Å². The second kappa shape index (κ2) is 11.3. The number of piperidine rings is 1. The van der Waals surface area contributed by atoms with E-state index in [0.717, 1.165) is 43.6 Å². The maximum Gasteiger partial charge on any atom is 0.194 e. The van der Waals surface area contributed by atoms with Crippen molar-refractivity contribution in [1.82, 2.24) is 24.9 Å². The fourth-order valence-corrected chi connectivity index (χ4v) is 4.04. The molecule has 2 saturated heterocycles. The summed E-state index contributed by atoms with van der Waals surface area (Å²) < 4.78 is 7.81. The Labute approximate surface area is 186 Å². The molecule has 2 aliphatic heterocycles. The first-order chi connectivity index (χ1) is 13.1. The van der Waals surface area contributed by atoms with Crippen molar-refractivity contribution in [2.45, 2.75) is 45.8 Å². The Morgan fingerprint density at radius 1 is 1.39 bits per heavy atom. The van der Waals surface area contributed by atoms with Gasteiger partial charge in [0.1, 0.15) is 6.10 Å². The number of likely N-dealkylation sites (tertiary alicyclic amines) is 1. The van der Waals surface area contributed by atoms with Crippen LogP contribution < -0.4 is 5.32 Å². The Balaban J connectivity index is 0.00000280. The molecule has 3 atom stereocenters. The van der Waals surface area contributed by atoms with Crippen molar-refractivity contribution in [3.63, 3.8) is 0 Å². The van der Waals surface area contributed by atoms with Crippen LogP contribution in [0.5, 0.6) is 0 Å². The molecule has 0 saturated carbocycles. The Hall–Kier alpha value is -0.870. The number of rotatable bonds is 5. The molecule has 0 radical (unpaired) electrons. The summed E-state index contributed by atoms with van der Waals surface area (Å²) in [5.74, 6) is 1.81. The topological polar surface area (TPSA) is 57.9 Å². The lowest BCUT2D eigenvalue weighted by atomic mass is 9.99. The van der Waals surface area contributed by atoms with Crippen LogP contribution in [0.15, 0.2) is 17.4 Å². The molecule has 3 rings (SSSR count). The summed E-state index contributed by atoms with van der Waals surface area (Å²) in [5.41, 5.74) is 1.13. The number of aliphatic imine (C=N–C) groups is 1. The summed E-state index contributed by atoms with van der Waals surface area (Å²) >= 11 is 0. The highest BCUT2D eigenvalue weighted by atomic mass is 127. The lowest BCUT2D eigenvalue weighted by molar-refractivity contribution is -0.00809. The number of nitrogens with one attached hydrogen (secondary N) is 1. The minimum atomic E-state index is 0. The zero-order valence-corrected chi connectivity index (χ0v) is 20.1. The number of halogens is 1. The predicted molar refractivity (Wildman–Crippen MR) is 124 cm³/mol. The highest BCUT2D eigenvalue weighted by molar-refractivity contribution is 14.0. The highest BCUT2D eigenvalue weighted by Gasteiger charge is 2.26. The van der Waals surface area contributed by atoms with Gasteiger partial charge in [-0.2, -0.15) is 5.10 Å². The standard InChI is InChI=1S/C20H36N6O.HI/c1-5-21-20(22-11-17(3)25-8-6-7-16(2)13-25)26-9-10-27-19(15-26)18-12-23-24(4)14-18;/h12,14,16-17,19H,5-11,13,15H2,1-4H3,(H,21,22);1H. The van der Waals surface area contributed by atoms with Crippen LogP contribution >= 0.6 is 24.0 Å². The van der Waals surface area contributed by atoms with Crippen LogP contribution in [0.4, 0.5) is 0 Å². The van der Waals surface area contributed by atoms with Crippen LogP contribution in [-0.4, -0.2) is 77.5 Å². The first-order valence-electron chi connectivity index (χ1n) is 10.4. The van der Waals surface area contributed by atoms with E-state index in [1.54, 1.807) is 0 Å². The van der Waals surface area contributed by atoms with Gasteiger partial charge in [0, 0.05) is 44.5 Å². The van der Waals surface area contributed by atoms with Crippen molar-refractivity contribution in [3.8, 4) is 0 Å². The summed E-state index contributed by atoms with van der Waals surface area (Å²) in [6.45, 7) is 13.3. The van der Waals surface area contributed by atoms with Gasteiger partial charge in [0.2, 0.25) is 0 Å². The third-order valence-corrected chi connectivity index (χ3v) is 5.61. The number of aromatic nitrogens is 2. The minimum absolute atomic E-state index is 0. The quantitative estimate of drug-likeness (QED) is 0.380. The largest absolute Gasteiger partial charge is 0.370 e. The molecule has 3 heterocycles. The van der Waals surface area contributed by atoms with Crippen LogP contribution in [0, 0.1) is 5.92 Å². The lowest BCUT2D eigenvalue weighted by Crippen LogP contribution is -2.49. The van der Waals surface area contributed by atoms with E-state index >= 15 is 0 Å². The summed E-state index contributed by atoms with van der Waals surface area (Å²) in [4.78, 5) is 9.91. The first kappa shape index (κ1) is 23.4. The molecule has 7 nitrogen and oxygen atoms in total. The molecule has 8 heteroatoms. The number of hydrogen-bond donors (Lipinski definition) is 1. The zero-order valence-electron chi connectivity index (χ0n) is 17.8. The molecular formula is C20H37IN6O. The molecule has 0 aliphatic carbocycles. The molecule has 1 aromatic rings. The van der Waals surface area contributed by atoms with E-state index < -0.39 is 0 Å². The number of guanidine groups is 1. The Morgan fingerprint density at radius 2 is 2.21 bits per heavy atom. The maximum absolute atomic E-state index is 5.98. The second-order valence-electron chi connectivity index (χ2n) is 8.04. The van der Waals surface area contributed by atoms with Gasteiger partial charge in [0.25, 0.3) is 0 Å². The summed E-state index contributed by atoms with van der Waals surface area (Å²) in [6, 6.07) is 0.483. The molecular weight excluding hydrogens is 467 g/mol. The third-order valence-electron chi connectivity index (χ3n) is 5.61. The van der Waals surface area contributed by atoms with Crippen molar-refractivity contribution in [1.29, 1.82) is 0 Å². The van der Waals surface area contributed by atoms with Gasteiger partial charge in [-0.25, -0.2) is 0 Å². The minimum Gasteiger partial charge on any atom is -0.370 e.